The number of hydrogen-bond acceptors (Lipinski definition) is 4. The molecule has 0 spiro atoms. The number of nitriles is 1. The quantitative estimate of drug-likeness (QED) is 0.649. The van der Waals surface area contributed by atoms with Crippen molar-refractivity contribution in [1.29, 1.82) is 5.26 Å². The molecule has 3 aromatic rings. The van der Waals surface area contributed by atoms with Crippen LogP contribution in [0.1, 0.15) is 11.1 Å². The van der Waals surface area contributed by atoms with E-state index >= 15 is 0 Å². The van der Waals surface area contributed by atoms with Crippen LogP contribution in [0.25, 0.3) is 0 Å². The lowest BCUT2D eigenvalue weighted by Crippen LogP contribution is -1.98. The summed E-state index contributed by atoms with van der Waals surface area (Å²) in [6, 6.07) is 12.7. The first-order valence-corrected chi connectivity index (χ1v) is 7.57. The van der Waals surface area contributed by atoms with Crippen molar-refractivity contribution in [2.75, 3.05) is 7.11 Å². The second-order valence-corrected chi connectivity index (χ2v) is 5.51. The number of methoxy groups -OCH3 is 1. The minimum Gasteiger partial charge on any atom is -0.493 e. The molecule has 0 bridgehead atoms. The van der Waals surface area contributed by atoms with Crippen molar-refractivity contribution < 1.29 is 9.47 Å². The van der Waals surface area contributed by atoms with Crippen molar-refractivity contribution in [3.05, 3.63) is 71.3 Å². The Labute approximate surface area is 156 Å². The molecule has 0 saturated heterocycles. The lowest BCUT2D eigenvalue weighted by atomic mass is 10.1. The van der Waals surface area contributed by atoms with E-state index < -0.39 is 0 Å². The zero-order valence-corrected chi connectivity index (χ0v) is 14.9. The molecule has 1 aromatic heterocycles. The number of aromatic nitrogens is 2. The molecule has 128 valence electrons. The van der Waals surface area contributed by atoms with Gasteiger partial charge >= 0.3 is 0 Å². The highest BCUT2D eigenvalue weighted by Gasteiger charge is 2.11. The summed E-state index contributed by atoms with van der Waals surface area (Å²) in [4.78, 5) is 4.02. The highest BCUT2D eigenvalue weighted by Crippen LogP contribution is 2.35. The van der Waals surface area contributed by atoms with Crippen LogP contribution in [0.15, 0.2) is 55.1 Å². The van der Waals surface area contributed by atoms with Crippen LogP contribution in [0.5, 0.6) is 17.2 Å². The first-order chi connectivity index (χ1) is 11.7. The van der Waals surface area contributed by atoms with Gasteiger partial charge in [-0.15, -0.1) is 12.4 Å². The SMILES string of the molecule is COc1cc(Cl)ccc1Oc1cc(Cn2ccnc2)ccc1C#N.Cl. The van der Waals surface area contributed by atoms with E-state index in [9.17, 15) is 5.26 Å². The van der Waals surface area contributed by atoms with Crippen LogP contribution in [0.3, 0.4) is 0 Å². The van der Waals surface area contributed by atoms with Gasteiger partial charge in [0.2, 0.25) is 0 Å². The van der Waals surface area contributed by atoms with Crippen molar-refractivity contribution in [3.63, 3.8) is 0 Å². The van der Waals surface area contributed by atoms with Crippen LogP contribution in [-0.4, -0.2) is 16.7 Å². The molecular weight excluding hydrogens is 361 g/mol. The average Bonchev–Trinajstić information content (AvgIpc) is 3.09. The molecule has 0 aliphatic carbocycles. The molecule has 2 aromatic carbocycles. The topological polar surface area (TPSA) is 60.1 Å². The number of imidazole rings is 1. The maximum atomic E-state index is 9.32. The van der Waals surface area contributed by atoms with Crippen LogP contribution in [0, 0.1) is 11.3 Å². The number of halogens is 2. The summed E-state index contributed by atoms with van der Waals surface area (Å²) in [6.45, 7) is 0.639. The highest BCUT2D eigenvalue weighted by molar-refractivity contribution is 6.30. The minimum atomic E-state index is 0. The number of nitrogens with zero attached hydrogens (tertiary/aromatic N) is 3. The van der Waals surface area contributed by atoms with Gasteiger partial charge in [-0.3, -0.25) is 0 Å². The van der Waals surface area contributed by atoms with Crippen LogP contribution in [-0.2, 0) is 6.54 Å². The molecule has 0 radical (unpaired) electrons. The van der Waals surface area contributed by atoms with E-state index in [1.54, 1.807) is 43.9 Å². The number of hydrogen-bond donors (Lipinski definition) is 0. The van der Waals surface area contributed by atoms with Crippen molar-refractivity contribution in [3.8, 4) is 23.3 Å². The predicted molar refractivity (Wildman–Crippen MR) is 97.8 cm³/mol. The highest BCUT2D eigenvalue weighted by atomic mass is 35.5. The Morgan fingerprint density at radius 3 is 2.68 bits per heavy atom. The average molecular weight is 376 g/mol. The largest absolute Gasteiger partial charge is 0.493 e. The molecule has 0 aliphatic heterocycles. The maximum Gasteiger partial charge on any atom is 0.169 e. The van der Waals surface area contributed by atoms with E-state index in [1.807, 2.05) is 22.9 Å². The molecule has 0 unspecified atom stereocenters. The Morgan fingerprint density at radius 2 is 2.00 bits per heavy atom. The molecule has 3 rings (SSSR count). The molecule has 25 heavy (non-hydrogen) atoms. The third kappa shape index (κ3) is 4.44. The van der Waals surface area contributed by atoms with Gasteiger partial charge in [0.1, 0.15) is 11.8 Å². The summed E-state index contributed by atoms with van der Waals surface area (Å²) in [6.07, 6.45) is 5.33. The van der Waals surface area contributed by atoms with Crippen LogP contribution >= 0.6 is 24.0 Å². The molecule has 5 nitrogen and oxygen atoms in total. The Morgan fingerprint density at radius 1 is 1.16 bits per heavy atom. The van der Waals surface area contributed by atoms with Crippen LogP contribution in [0.4, 0.5) is 0 Å². The fraction of sp³-hybridized carbons (Fsp3) is 0.111. The zero-order chi connectivity index (χ0) is 16.9. The Balaban J connectivity index is 0.00000225. The Kier molecular flexibility index (Phi) is 6.29. The van der Waals surface area contributed by atoms with E-state index in [0.717, 1.165) is 5.56 Å². The summed E-state index contributed by atoms with van der Waals surface area (Å²) >= 11 is 5.97. The fourth-order valence-electron chi connectivity index (χ4n) is 2.28. The lowest BCUT2D eigenvalue weighted by Gasteiger charge is -2.13. The molecule has 0 aliphatic rings. The van der Waals surface area contributed by atoms with Gasteiger partial charge in [-0.05, 0) is 29.8 Å². The zero-order valence-electron chi connectivity index (χ0n) is 13.3. The van der Waals surface area contributed by atoms with E-state index in [2.05, 4.69) is 11.1 Å². The second-order valence-electron chi connectivity index (χ2n) is 5.07. The van der Waals surface area contributed by atoms with E-state index in [0.29, 0.717) is 34.4 Å². The van der Waals surface area contributed by atoms with Gasteiger partial charge in [0, 0.05) is 30.0 Å². The molecule has 7 heteroatoms. The van der Waals surface area contributed by atoms with Gasteiger partial charge in [0.05, 0.1) is 19.0 Å². The van der Waals surface area contributed by atoms with Crippen molar-refractivity contribution in [1.82, 2.24) is 9.55 Å². The first kappa shape index (κ1) is 18.7. The van der Waals surface area contributed by atoms with Crippen LogP contribution in [0.2, 0.25) is 5.02 Å². The monoisotopic (exact) mass is 375 g/mol. The molecule has 0 N–H and O–H groups in total. The maximum absolute atomic E-state index is 9.32. The van der Waals surface area contributed by atoms with Gasteiger partial charge in [-0.2, -0.15) is 5.26 Å². The smallest absolute Gasteiger partial charge is 0.169 e. The molecule has 0 amide bonds. The van der Waals surface area contributed by atoms with Crippen molar-refractivity contribution in [2.45, 2.75) is 6.54 Å². The number of rotatable bonds is 5. The standard InChI is InChI=1S/C18H14ClN3O2.ClH/c1-23-18-9-15(19)4-5-16(18)24-17-8-13(2-3-14(17)10-20)11-22-7-6-21-12-22;/h2-9,12H,11H2,1H3;1H. The van der Waals surface area contributed by atoms with Gasteiger partial charge in [0.15, 0.2) is 11.5 Å². The Hall–Kier alpha value is -2.68. The van der Waals surface area contributed by atoms with Crippen molar-refractivity contribution in [2.24, 2.45) is 0 Å². The molecule has 1 heterocycles. The minimum absolute atomic E-state index is 0. The van der Waals surface area contributed by atoms with Gasteiger partial charge < -0.3 is 14.0 Å². The van der Waals surface area contributed by atoms with Gasteiger partial charge in [-0.1, -0.05) is 17.7 Å². The summed E-state index contributed by atoms with van der Waals surface area (Å²) in [5, 5.41) is 9.87. The van der Waals surface area contributed by atoms with Crippen molar-refractivity contribution >= 4 is 24.0 Å². The lowest BCUT2D eigenvalue weighted by molar-refractivity contribution is 0.378. The van der Waals surface area contributed by atoms with E-state index in [4.69, 9.17) is 21.1 Å². The number of benzene rings is 2. The molecular formula is C18H15Cl2N3O2. The second kappa shape index (κ2) is 8.43. The normalized spacial score (nSPS) is 9.80. The molecule has 0 saturated carbocycles. The van der Waals surface area contributed by atoms with Gasteiger partial charge in [-0.25, -0.2) is 4.98 Å². The van der Waals surface area contributed by atoms with E-state index in [-0.39, 0.29) is 12.4 Å². The Bertz CT molecular complexity index is 890. The third-order valence-electron chi connectivity index (χ3n) is 3.44. The summed E-state index contributed by atoms with van der Waals surface area (Å²) in [7, 11) is 1.54. The summed E-state index contributed by atoms with van der Waals surface area (Å²) < 4.78 is 13.1. The molecule has 0 atom stereocenters. The summed E-state index contributed by atoms with van der Waals surface area (Å²) in [5.74, 6) is 1.47. The summed E-state index contributed by atoms with van der Waals surface area (Å²) in [5.41, 5.74) is 1.44. The molecule has 0 fully saturated rings. The van der Waals surface area contributed by atoms with Crippen LogP contribution < -0.4 is 9.47 Å². The third-order valence-corrected chi connectivity index (χ3v) is 3.67. The predicted octanol–water partition coefficient (Wildman–Crippen LogP) is 4.68. The first-order valence-electron chi connectivity index (χ1n) is 7.20. The fourth-order valence-corrected chi connectivity index (χ4v) is 2.44. The van der Waals surface area contributed by atoms with Gasteiger partial charge in [0.25, 0.3) is 0 Å². The van der Waals surface area contributed by atoms with E-state index in [1.165, 1.54) is 0 Å². The number of ether oxygens (including phenoxy) is 2.